The third-order valence-corrected chi connectivity index (χ3v) is 2.13. The number of carboxylic acids is 1. The summed E-state index contributed by atoms with van der Waals surface area (Å²) in [6.45, 7) is 4.42. The summed E-state index contributed by atoms with van der Waals surface area (Å²) in [5.74, 6) is -0.564. The quantitative estimate of drug-likeness (QED) is 0.778. The summed E-state index contributed by atoms with van der Waals surface area (Å²) < 4.78 is 5.22. The number of aromatic nitrogens is 2. The summed E-state index contributed by atoms with van der Waals surface area (Å²) in [5.41, 5.74) is -0.385. The highest BCUT2D eigenvalue weighted by Crippen LogP contribution is 2.09. The van der Waals surface area contributed by atoms with Gasteiger partial charge >= 0.3 is 5.97 Å². The van der Waals surface area contributed by atoms with Gasteiger partial charge in [0.05, 0.1) is 5.60 Å². The fraction of sp³-hybridized carbons (Fsp3) is 0.500. The molecule has 0 saturated heterocycles. The summed E-state index contributed by atoms with van der Waals surface area (Å²) in [6, 6.07) is 2.97. The first kappa shape index (κ1) is 12.4. The Morgan fingerprint density at radius 3 is 2.62 bits per heavy atom. The van der Waals surface area contributed by atoms with Crippen LogP contribution in [0, 0.1) is 0 Å². The molecule has 2 N–H and O–H groups in total. The van der Waals surface area contributed by atoms with Gasteiger partial charge in [-0.3, -0.25) is 0 Å². The van der Waals surface area contributed by atoms with Crippen LogP contribution in [0.3, 0.4) is 0 Å². The lowest BCUT2D eigenvalue weighted by Crippen LogP contribution is -2.32. The molecule has 1 aromatic heterocycles. The minimum Gasteiger partial charge on any atom is -0.476 e. The average Bonchev–Trinajstić information content (AvgIpc) is 2.27. The molecule has 0 aromatic carbocycles. The van der Waals surface area contributed by atoms with Crippen LogP contribution in [0.5, 0.6) is 0 Å². The van der Waals surface area contributed by atoms with Crippen molar-refractivity contribution in [2.24, 2.45) is 0 Å². The zero-order chi connectivity index (χ0) is 12.2. The van der Waals surface area contributed by atoms with Crippen molar-refractivity contribution >= 4 is 11.8 Å². The minimum atomic E-state index is -1.09. The Bertz CT molecular complexity index is 362. The van der Waals surface area contributed by atoms with Crippen molar-refractivity contribution in [2.75, 3.05) is 19.0 Å². The van der Waals surface area contributed by atoms with Crippen molar-refractivity contribution in [3.05, 3.63) is 17.8 Å². The topological polar surface area (TPSA) is 84.3 Å². The highest BCUT2D eigenvalue weighted by Gasteiger charge is 2.16. The number of ether oxygens (including phenoxy) is 1. The van der Waals surface area contributed by atoms with E-state index in [9.17, 15) is 4.79 Å². The Balaban J connectivity index is 2.59. The van der Waals surface area contributed by atoms with E-state index in [0.717, 1.165) is 0 Å². The van der Waals surface area contributed by atoms with E-state index in [2.05, 4.69) is 15.5 Å². The minimum absolute atomic E-state index is 0.0726. The van der Waals surface area contributed by atoms with Crippen LogP contribution in [0.2, 0.25) is 0 Å². The molecule has 0 bridgehead atoms. The maximum Gasteiger partial charge on any atom is 0.356 e. The van der Waals surface area contributed by atoms with Crippen LogP contribution >= 0.6 is 0 Å². The molecular weight excluding hydrogens is 210 g/mol. The fourth-order valence-corrected chi connectivity index (χ4v) is 0.916. The number of nitrogens with zero attached hydrogens (tertiary/aromatic N) is 2. The zero-order valence-electron chi connectivity index (χ0n) is 9.52. The summed E-state index contributed by atoms with van der Waals surface area (Å²) in [4.78, 5) is 10.5. The number of rotatable bonds is 5. The largest absolute Gasteiger partial charge is 0.476 e. The Morgan fingerprint density at radius 2 is 2.19 bits per heavy atom. The average molecular weight is 225 g/mol. The van der Waals surface area contributed by atoms with E-state index in [1.54, 1.807) is 13.2 Å². The Labute approximate surface area is 93.6 Å². The van der Waals surface area contributed by atoms with E-state index in [-0.39, 0.29) is 11.3 Å². The maximum absolute atomic E-state index is 10.5. The lowest BCUT2D eigenvalue weighted by Gasteiger charge is -2.23. The van der Waals surface area contributed by atoms with Gasteiger partial charge in [0.2, 0.25) is 0 Å². The van der Waals surface area contributed by atoms with E-state index >= 15 is 0 Å². The van der Waals surface area contributed by atoms with Crippen molar-refractivity contribution in [3.8, 4) is 0 Å². The maximum atomic E-state index is 10.5. The Morgan fingerprint density at radius 1 is 1.50 bits per heavy atom. The van der Waals surface area contributed by atoms with Gasteiger partial charge in [-0.2, -0.15) is 0 Å². The van der Waals surface area contributed by atoms with E-state index in [0.29, 0.717) is 12.4 Å². The zero-order valence-corrected chi connectivity index (χ0v) is 9.52. The third kappa shape index (κ3) is 3.47. The van der Waals surface area contributed by atoms with Gasteiger partial charge in [0.15, 0.2) is 5.69 Å². The van der Waals surface area contributed by atoms with E-state index in [1.807, 2.05) is 13.8 Å². The van der Waals surface area contributed by atoms with E-state index < -0.39 is 5.97 Å². The number of carboxylic acid groups (broad SMARTS) is 1. The van der Waals surface area contributed by atoms with Crippen LogP contribution in [0.15, 0.2) is 12.1 Å². The number of aromatic carboxylic acids is 1. The first-order chi connectivity index (χ1) is 7.44. The highest BCUT2D eigenvalue weighted by atomic mass is 16.5. The van der Waals surface area contributed by atoms with Crippen molar-refractivity contribution in [1.29, 1.82) is 0 Å². The molecule has 0 aliphatic rings. The van der Waals surface area contributed by atoms with Crippen LogP contribution in [0.25, 0.3) is 0 Å². The molecule has 0 radical (unpaired) electrons. The standard InChI is InChI=1S/C10H15N3O3/c1-10(2,16-3)6-11-8-5-4-7(9(14)15)12-13-8/h4-5H,6H2,1-3H3,(H,11,13)(H,14,15). The lowest BCUT2D eigenvalue weighted by atomic mass is 10.1. The number of methoxy groups -OCH3 is 1. The van der Waals surface area contributed by atoms with Gasteiger partial charge in [-0.1, -0.05) is 0 Å². The number of anilines is 1. The molecule has 6 heteroatoms. The molecule has 1 aromatic rings. The molecule has 1 heterocycles. The summed E-state index contributed by atoms with van der Waals surface area (Å²) in [5, 5.41) is 18.9. The molecular formula is C10H15N3O3. The summed E-state index contributed by atoms with van der Waals surface area (Å²) in [6.07, 6.45) is 0. The van der Waals surface area contributed by atoms with Gasteiger partial charge in [0.25, 0.3) is 0 Å². The predicted molar refractivity (Wildman–Crippen MR) is 58.6 cm³/mol. The van der Waals surface area contributed by atoms with Crippen LogP contribution in [-0.4, -0.2) is 40.5 Å². The normalized spacial score (nSPS) is 11.2. The molecule has 0 saturated carbocycles. The number of carbonyl (C=O) groups is 1. The van der Waals surface area contributed by atoms with E-state index in [1.165, 1.54) is 6.07 Å². The summed E-state index contributed by atoms with van der Waals surface area (Å²) >= 11 is 0. The van der Waals surface area contributed by atoms with Gasteiger partial charge in [-0.25, -0.2) is 4.79 Å². The van der Waals surface area contributed by atoms with Crippen LogP contribution < -0.4 is 5.32 Å². The lowest BCUT2D eigenvalue weighted by molar-refractivity contribution is 0.0343. The van der Waals surface area contributed by atoms with E-state index in [4.69, 9.17) is 9.84 Å². The second kappa shape index (κ2) is 4.89. The van der Waals surface area contributed by atoms with Crippen molar-refractivity contribution in [3.63, 3.8) is 0 Å². The molecule has 6 nitrogen and oxygen atoms in total. The second-order valence-electron chi connectivity index (χ2n) is 3.93. The van der Waals surface area contributed by atoms with Gasteiger partial charge in [0, 0.05) is 13.7 Å². The van der Waals surface area contributed by atoms with Crippen molar-refractivity contribution in [1.82, 2.24) is 10.2 Å². The smallest absolute Gasteiger partial charge is 0.356 e. The third-order valence-electron chi connectivity index (χ3n) is 2.13. The van der Waals surface area contributed by atoms with Crippen molar-refractivity contribution in [2.45, 2.75) is 19.4 Å². The first-order valence-electron chi connectivity index (χ1n) is 4.81. The molecule has 0 fully saturated rings. The SMILES string of the molecule is COC(C)(C)CNc1ccc(C(=O)O)nn1. The Hall–Kier alpha value is -1.69. The number of hydrogen-bond donors (Lipinski definition) is 2. The monoisotopic (exact) mass is 225 g/mol. The Kier molecular flexibility index (Phi) is 3.78. The molecule has 0 spiro atoms. The fourth-order valence-electron chi connectivity index (χ4n) is 0.916. The molecule has 0 aliphatic carbocycles. The van der Waals surface area contributed by atoms with Crippen molar-refractivity contribution < 1.29 is 14.6 Å². The number of nitrogens with one attached hydrogen (secondary N) is 1. The second-order valence-corrected chi connectivity index (χ2v) is 3.93. The number of hydrogen-bond acceptors (Lipinski definition) is 5. The first-order valence-corrected chi connectivity index (χ1v) is 4.81. The van der Waals surface area contributed by atoms with Gasteiger partial charge in [0.1, 0.15) is 5.82 Å². The molecule has 0 aliphatic heterocycles. The van der Waals surface area contributed by atoms with Crippen LogP contribution in [0.1, 0.15) is 24.3 Å². The molecule has 0 unspecified atom stereocenters. The molecule has 0 atom stereocenters. The highest BCUT2D eigenvalue weighted by molar-refractivity contribution is 5.85. The van der Waals surface area contributed by atoms with Crippen LogP contribution in [0.4, 0.5) is 5.82 Å². The van der Waals surface area contributed by atoms with Crippen LogP contribution in [-0.2, 0) is 4.74 Å². The molecule has 1 rings (SSSR count). The molecule has 16 heavy (non-hydrogen) atoms. The van der Waals surface area contributed by atoms with Gasteiger partial charge in [-0.15, -0.1) is 10.2 Å². The van der Waals surface area contributed by atoms with Gasteiger partial charge in [-0.05, 0) is 26.0 Å². The molecule has 0 amide bonds. The molecule has 88 valence electrons. The van der Waals surface area contributed by atoms with Gasteiger partial charge < -0.3 is 15.2 Å². The summed E-state index contributed by atoms with van der Waals surface area (Å²) in [7, 11) is 1.63. The predicted octanol–water partition coefficient (Wildman–Crippen LogP) is 1.01.